The van der Waals surface area contributed by atoms with E-state index in [-0.39, 0.29) is 0 Å². The van der Waals surface area contributed by atoms with Crippen LogP contribution in [0.3, 0.4) is 0 Å². The number of aliphatic hydroxyl groups excluding tert-OH is 1. The number of pyridine rings is 1. The third kappa shape index (κ3) is 2.18. The van der Waals surface area contributed by atoms with Crippen molar-refractivity contribution in [2.75, 3.05) is 19.0 Å². The molecule has 3 nitrogen and oxygen atoms in total. The molecule has 0 radical (unpaired) electrons. The van der Waals surface area contributed by atoms with Crippen LogP contribution in [0.25, 0.3) is 0 Å². The van der Waals surface area contributed by atoms with Crippen LogP contribution in [0, 0.1) is 6.92 Å². The summed E-state index contributed by atoms with van der Waals surface area (Å²) >= 11 is 0. The molecule has 0 fully saturated rings. The third-order valence-electron chi connectivity index (χ3n) is 1.98. The molecule has 1 aromatic heterocycles. The number of anilines is 1. The van der Waals surface area contributed by atoms with Crippen LogP contribution in [0.4, 0.5) is 5.82 Å². The molecule has 13 heavy (non-hydrogen) atoms. The molecule has 0 saturated carbocycles. The molecule has 0 bridgehead atoms. The van der Waals surface area contributed by atoms with Gasteiger partial charge in [-0.3, -0.25) is 0 Å². The Bertz CT molecular complexity index is 295. The van der Waals surface area contributed by atoms with Gasteiger partial charge in [-0.25, -0.2) is 4.98 Å². The first kappa shape index (κ1) is 9.99. The van der Waals surface area contributed by atoms with Crippen molar-refractivity contribution in [3.8, 4) is 0 Å². The third-order valence-corrected chi connectivity index (χ3v) is 1.98. The minimum Gasteiger partial charge on any atom is -0.389 e. The van der Waals surface area contributed by atoms with Gasteiger partial charge in [-0.1, -0.05) is 0 Å². The second-order valence-corrected chi connectivity index (χ2v) is 3.48. The van der Waals surface area contributed by atoms with Crippen molar-refractivity contribution in [3.05, 3.63) is 23.4 Å². The highest BCUT2D eigenvalue weighted by Crippen LogP contribution is 2.19. The van der Waals surface area contributed by atoms with Gasteiger partial charge in [-0.15, -0.1) is 0 Å². The maximum absolute atomic E-state index is 9.32. The summed E-state index contributed by atoms with van der Waals surface area (Å²) in [5.41, 5.74) is 1.95. The van der Waals surface area contributed by atoms with Crippen LogP contribution in [-0.2, 0) is 0 Å². The van der Waals surface area contributed by atoms with E-state index in [1.807, 2.05) is 32.0 Å². The van der Waals surface area contributed by atoms with Crippen molar-refractivity contribution in [2.45, 2.75) is 20.0 Å². The van der Waals surface area contributed by atoms with Gasteiger partial charge in [0.05, 0.1) is 6.10 Å². The minimum atomic E-state index is -0.442. The van der Waals surface area contributed by atoms with Crippen molar-refractivity contribution < 1.29 is 5.11 Å². The van der Waals surface area contributed by atoms with Crippen molar-refractivity contribution in [3.63, 3.8) is 0 Å². The fraction of sp³-hybridized carbons (Fsp3) is 0.500. The van der Waals surface area contributed by atoms with Crippen molar-refractivity contribution in [1.82, 2.24) is 4.98 Å². The summed E-state index contributed by atoms with van der Waals surface area (Å²) in [6.07, 6.45) is 1.27. The lowest BCUT2D eigenvalue weighted by Gasteiger charge is -2.15. The maximum atomic E-state index is 9.32. The summed E-state index contributed by atoms with van der Waals surface area (Å²) < 4.78 is 0. The Morgan fingerprint density at radius 3 is 2.46 bits per heavy atom. The van der Waals surface area contributed by atoms with Crippen LogP contribution in [0.1, 0.15) is 24.2 Å². The highest BCUT2D eigenvalue weighted by atomic mass is 16.3. The zero-order valence-electron chi connectivity index (χ0n) is 8.57. The summed E-state index contributed by atoms with van der Waals surface area (Å²) in [4.78, 5) is 6.22. The Kier molecular flexibility index (Phi) is 2.88. The molecule has 0 aromatic carbocycles. The number of nitrogens with zero attached hydrogens (tertiary/aromatic N) is 2. The first-order valence-corrected chi connectivity index (χ1v) is 4.34. The van der Waals surface area contributed by atoms with Gasteiger partial charge in [0, 0.05) is 20.3 Å². The van der Waals surface area contributed by atoms with Crippen LogP contribution in [0.15, 0.2) is 12.3 Å². The molecule has 0 saturated heterocycles. The molecule has 1 aromatic rings. The van der Waals surface area contributed by atoms with Gasteiger partial charge in [-0.2, -0.15) is 0 Å². The summed E-state index contributed by atoms with van der Waals surface area (Å²) in [5, 5.41) is 9.32. The lowest BCUT2D eigenvalue weighted by atomic mass is 10.1. The van der Waals surface area contributed by atoms with Gasteiger partial charge in [0.1, 0.15) is 5.82 Å². The minimum absolute atomic E-state index is 0.442. The van der Waals surface area contributed by atoms with Crippen LogP contribution >= 0.6 is 0 Å². The average Bonchev–Trinajstić information content (AvgIpc) is 2.03. The molecule has 0 amide bonds. The molecular weight excluding hydrogens is 164 g/mol. The van der Waals surface area contributed by atoms with Gasteiger partial charge in [0.15, 0.2) is 0 Å². The largest absolute Gasteiger partial charge is 0.389 e. The van der Waals surface area contributed by atoms with Gasteiger partial charge in [0.2, 0.25) is 0 Å². The van der Waals surface area contributed by atoms with E-state index in [4.69, 9.17) is 0 Å². The second-order valence-electron chi connectivity index (χ2n) is 3.48. The molecule has 1 unspecified atom stereocenters. The molecule has 0 aliphatic rings. The fourth-order valence-corrected chi connectivity index (χ4v) is 1.29. The Balaban J connectivity index is 3.06. The highest BCUT2D eigenvalue weighted by molar-refractivity contribution is 5.46. The number of hydrogen-bond donors (Lipinski definition) is 1. The average molecular weight is 180 g/mol. The molecule has 1 rings (SSSR count). The molecular formula is C10H16N2O. The topological polar surface area (TPSA) is 36.4 Å². The summed E-state index contributed by atoms with van der Waals surface area (Å²) in [6.45, 7) is 3.74. The smallest absolute Gasteiger partial charge is 0.130 e. The zero-order chi connectivity index (χ0) is 10.0. The molecule has 3 heteroatoms. The van der Waals surface area contributed by atoms with Gasteiger partial charge >= 0.3 is 0 Å². The Morgan fingerprint density at radius 1 is 1.46 bits per heavy atom. The molecule has 1 atom stereocenters. The van der Waals surface area contributed by atoms with Crippen LogP contribution < -0.4 is 4.90 Å². The predicted molar refractivity (Wildman–Crippen MR) is 53.9 cm³/mol. The summed E-state index contributed by atoms with van der Waals surface area (Å²) in [7, 11) is 3.91. The normalized spacial score (nSPS) is 12.7. The lowest BCUT2D eigenvalue weighted by Crippen LogP contribution is -2.12. The van der Waals surface area contributed by atoms with E-state index in [9.17, 15) is 5.11 Å². The van der Waals surface area contributed by atoms with Crippen molar-refractivity contribution >= 4 is 5.82 Å². The molecule has 1 heterocycles. The fourth-order valence-electron chi connectivity index (χ4n) is 1.29. The number of rotatable bonds is 2. The van der Waals surface area contributed by atoms with E-state index in [0.717, 1.165) is 16.9 Å². The second kappa shape index (κ2) is 3.75. The van der Waals surface area contributed by atoms with Crippen molar-refractivity contribution in [1.29, 1.82) is 0 Å². The lowest BCUT2D eigenvalue weighted by molar-refractivity contribution is 0.199. The number of hydrogen-bond acceptors (Lipinski definition) is 3. The first-order chi connectivity index (χ1) is 6.02. The molecule has 1 N–H and O–H groups in total. The number of aryl methyl sites for hydroxylation is 1. The van der Waals surface area contributed by atoms with E-state index in [1.165, 1.54) is 0 Å². The monoisotopic (exact) mass is 180 g/mol. The van der Waals surface area contributed by atoms with E-state index in [2.05, 4.69) is 4.98 Å². The molecule has 0 aliphatic heterocycles. The van der Waals surface area contributed by atoms with E-state index in [0.29, 0.717) is 0 Å². The van der Waals surface area contributed by atoms with Gasteiger partial charge in [0.25, 0.3) is 0 Å². The standard InChI is InChI=1S/C10H16N2O/c1-7-5-9(8(2)13)6-11-10(7)12(3)4/h5-6,8,13H,1-4H3. The zero-order valence-corrected chi connectivity index (χ0v) is 8.57. The quantitative estimate of drug-likeness (QED) is 0.749. The van der Waals surface area contributed by atoms with E-state index >= 15 is 0 Å². The predicted octanol–water partition coefficient (Wildman–Crippen LogP) is 1.51. The Morgan fingerprint density at radius 2 is 2.08 bits per heavy atom. The molecule has 0 spiro atoms. The molecule has 0 aliphatic carbocycles. The van der Waals surface area contributed by atoms with Gasteiger partial charge in [-0.05, 0) is 31.0 Å². The SMILES string of the molecule is Cc1cc(C(C)O)cnc1N(C)C. The van der Waals surface area contributed by atoms with Crippen molar-refractivity contribution in [2.24, 2.45) is 0 Å². The Labute approximate surface area is 79.0 Å². The first-order valence-electron chi connectivity index (χ1n) is 4.34. The molecule has 72 valence electrons. The highest BCUT2D eigenvalue weighted by Gasteiger charge is 2.06. The van der Waals surface area contributed by atoms with E-state index < -0.39 is 6.10 Å². The van der Waals surface area contributed by atoms with Crippen LogP contribution in [0.5, 0.6) is 0 Å². The Hall–Kier alpha value is -1.09. The van der Waals surface area contributed by atoms with Crippen LogP contribution in [-0.4, -0.2) is 24.2 Å². The maximum Gasteiger partial charge on any atom is 0.130 e. The summed E-state index contributed by atoms with van der Waals surface area (Å²) in [5.74, 6) is 0.949. The van der Waals surface area contributed by atoms with Crippen LogP contribution in [0.2, 0.25) is 0 Å². The number of aliphatic hydroxyl groups is 1. The number of aromatic nitrogens is 1. The van der Waals surface area contributed by atoms with Gasteiger partial charge < -0.3 is 10.0 Å². The summed E-state index contributed by atoms with van der Waals surface area (Å²) in [6, 6.07) is 1.97. The van der Waals surface area contributed by atoms with E-state index in [1.54, 1.807) is 13.1 Å².